The van der Waals surface area contributed by atoms with Crippen LogP contribution in [0.25, 0.3) is 11.4 Å². The van der Waals surface area contributed by atoms with E-state index in [-0.39, 0.29) is 18.0 Å². The van der Waals surface area contributed by atoms with E-state index in [0.717, 1.165) is 12.0 Å². The molecule has 2 aromatic rings. The van der Waals surface area contributed by atoms with E-state index in [1.807, 2.05) is 37.3 Å². The average Bonchev–Trinajstić information content (AvgIpc) is 3.10. The fraction of sp³-hybridized carbons (Fsp3) is 0.471. The zero-order chi connectivity index (χ0) is 19.4. The number of piperidine rings is 1. The summed E-state index contributed by atoms with van der Waals surface area (Å²) in [4.78, 5) is 16.4. The molecule has 2 unspecified atom stereocenters. The second-order valence-electron chi connectivity index (χ2n) is 6.57. The van der Waals surface area contributed by atoms with Crippen LogP contribution < -0.4 is 10.6 Å². The Bertz CT molecular complexity index is 884. The number of hydrogen-bond donors (Lipinski definition) is 2. The van der Waals surface area contributed by atoms with E-state index in [1.165, 1.54) is 10.6 Å². The van der Waals surface area contributed by atoms with Crippen LogP contribution in [-0.2, 0) is 10.0 Å². The van der Waals surface area contributed by atoms with Gasteiger partial charge in [0.2, 0.25) is 15.8 Å². The average molecular weight is 393 g/mol. The van der Waals surface area contributed by atoms with E-state index < -0.39 is 16.1 Å². The number of aromatic nitrogens is 2. The van der Waals surface area contributed by atoms with Crippen molar-refractivity contribution in [1.82, 2.24) is 19.8 Å². The summed E-state index contributed by atoms with van der Waals surface area (Å²) in [5.74, 6) is 0.431. The van der Waals surface area contributed by atoms with Gasteiger partial charge in [0, 0.05) is 24.7 Å². The number of nitrogens with zero attached hydrogens (tertiary/aromatic N) is 3. The van der Waals surface area contributed by atoms with Crippen molar-refractivity contribution in [3.63, 3.8) is 0 Å². The van der Waals surface area contributed by atoms with Gasteiger partial charge in [-0.3, -0.25) is 5.32 Å². The molecule has 1 saturated heterocycles. The SMILES string of the molecule is CCC1CN(S(C)(=O)=O)CCC1NC(=O)Nc1nc(-c2ccccc2)no1. The zero-order valence-electron chi connectivity index (χ0n) is 15.3. The number of rotatable bonds is 5. The summed E-state index contributed by atoms with van der Waals surface area (Å²) in [5.41, 5.74) is 0.786. The van der Waals surface area contributed by atoms with Crippen molar-refractivity contribution in [3.8, 4) is 11.4 Å². The topological polar surface area (TPSA) is 117 Å². The van der Waals surface area contributed by atoms with Gasteiger partial charge in [-0.15, -0.1) is 0 Å². The Balaban J connectivity index is 1.59. The Morgan fingerprint density at radius 3 is 2.74 bits per heavy atom. The molecule has 1 aliphatic heterocycles. The number of carbonyl (C=O) groups is 1. The number of hydrogen-bond acceptors (Lipinski definition) is 6. The molecule has 0 aliphatic carbocycles. The van der Waals surface area contributed by atoms with Gasteiger partial charge in [-0.05, 0) is 12.3 Å². The quantitative estimate of drug-likeness (QED) is 0.801. The highest BCUT2D eigenvalue weighted by Crippen LogP contribution is 2.22. The molecule has 1 fully saturated rings. The number of nitrogens with one attached hydrogen (secondary N) is 2. The van der Waals surface area contributed by atoms with Gasteiger partial charge < -0.3 is 9.84 Å². The minimum Gasteiger partial charge on any atom is -0.335 e. The van der Waals surface area contributed by atoms with Crippen LogP contribution in [0.3, 0.4) is 0 Å². The standard InChI is InChI=1S/C17H23N5O4S/c1-3-12-11-22(27(2,24)25)10-9-14(12)18-16(23)20-17-19-15(21-26-17)13-7-5-4-6-8-13/h4-8,12,14H,3,9-11H2,1-2H3,(H2,18,19,20,21,23). The number of sulfonamides is 1. The van der Waals surface area contributed by atoms with Gasteiger partial charge >= 0.3 is 12.0 Å². The Kier molecular flexibility index (Phi) is 5.76. The van der Waals surface area contributed by atoms with Gasteiger partial charge in [-0.25, -0.2) is 17.5 Å². The van der Waals surface area contributed by atoms with Crippen LogP contribution in [0.15, 0.2) is 34.9 Å². The molecular weight excluding hydrogens is 370 g/mol. The van der Waals surface area contributed by atoms with Crippen LogP contribution in [-0.4, -0.2) is 54.3 Å². The van der Waals surface area contributed by atoms with Crippen molar-refractivity contribution in [3.05, 3.63) is 30.3 Å². The predicted octanol–water partition coefficient (Wildman–Crippen LogP) is 1.92. The number of benzene rings is 1. The van der Waals surface area contributed by atoms with Gasteiger partial charge in [-0.2, -0.15) is 4.98 Å². The second kappa shape index (κ2) is 8.05. The maximum absolute atomic E-state index is 12.3. The minimum absolute atomic E-state index is 0.00738. The van der Waals surface area contributed by atoms with Crippen molar-refractivity contribution >= 4 is 22.1 Å². The summed E-state index contributed by atoms with van der Waals surface area (Å²) < 4.78 is 30.0. The van der Waals surface area contributed by atoms with Crippen LogP contribution in [0.5, 0.6) is 0 Å². The third-order valence-electron chi connectivity index (χ3n) is 4.69. The molecule has 3 rings (SSSR count). The van der Waals surface area contributed by atoms with Crippen LogP contribution in [0.1, 0.15) is 19.8 Å². The Morgan fingerprint density at radius 1 is 1.33 bits per heavy atom. The van der Waals surface area contributed by atoms with Gasteiger partial charge in [0.25, 0.3) is 0 Å². The lowest BCUT2D eigenvalue weighted by Gasteiger charge is -2.37. The molecule has 2 amide bonds. The van der Waals surface area contributed by atoms with Crippen LogP contribution in [0.4, 0.5) is 10.8 Å². The first kappa shape index (κ1) is 19.3. The predicted molar refractivity (Wildman–Crippen MR) is 100 cm³/mol. The van der Waals surface area contributed by atoms with Gasteiger partial charge in [0.1, 0.15) is 0 Å². The smallest absolute Gasteiger partial charge is 0.329 e. The molecule has 2 atom stereocenters. The van der Waals surface area contributed by atoms with Crippen molar-refractivity contribution in [2.24, 2.45) is 5.92 Å². The highest BCUT2D eigenvalue weighted by molar-refractivity contribution is 7.88. The Morgan fingerprint density at radius 2 is 2.07 bits per heavy atom. The molecule has 146 valence electrons. The van der Waals surface area contributed by atoms with E-state index in [0.29, 0.717) is 25.3 Å². The van der Waals surface area contributed by atoms with E-state index >= 15 is 0 Å². The van der Waals surface area contributed by atoms with Crippen molar-refractivity contribution in [2.75, 3.05) is 24.7 Å². The summed E-state index contributed by atoms with van der Waals surface area (Å²) in [6.07, 6.45) is 2.52. The lowest BCUT2D eigenvalue weighted by atomic mass is 9.91. The molecule has 10 heteroatoms. The molecule has 1 aromatic carbocycles. The zero-order valence-corrected chi connectivity index (χ0v) is 16.1. The normalized spacial score (nSPS) is 21.0. The second-order valence-corrected chi connectivity index (χ2v) is 8.55. The van der Waals surface area contributed by atoms with Crippen LogP contribution in [0, 0.1) is 5.92 Å². The van der Waals surface area contributed by atoms with Gasteiger partial charge in [-0.1, -0.05) is 48.8 Å². The molecular formula is C17H23N5O4S. The first-order chi connectivity index (χ1) is 12.9. The van der Waals surface area contributed by atoms with Crippen molar-refractivity contribution in [2.45, 2.75) is 25.8 Å². The van der Waals surface area contributed by atoms with Crippen LogP contribution >= 0.6 is 0 Å². The maximum atomic E-state index is 12.3. The highest BCUT2D eigenvalue weighted by Gasteiger charge is 2.33. The lowest BCUT2D eigenvalue weighted by Crippen LogP contribution is -2.52. The summed E-state index contributed by atoms with van der Waals surface area (Å²) in [6, 6.07) is 8.73. The maximum Gasteiger partial charge on any atom is 0.329 e. The highest BCUT2D eigenvalue weighted by atomic mass is 32.2. The first-order valence-electron chi connectivity index (χ1n) is 8.78. The van der Waals surface area contributed by atoms with E-state index in [1.54, 1.807) is 0 Å². The molecule has 0 radical (unpaired) electrons. The van der Waals surface area contributed by atoms with E-state index in [4.69, 9.17) is 4.52 Å². The molecule has 1 aliphatic rings. The number of amides is 2. The van der Waals surface area contributed by atoms with Gasteiger partial charge in [0.15, 0.2) is 0 Å². The fourth-order valence-corrected chi connectivity index (χ4v) is 4.08. The van der Waals surface area contributed by atoms with Crippen LogP contribution in [0.2, 0.25) is 0 Å². The monoisotopic (exact) mass is 393 g/mol. The summed E-state index contributed by atoms with van der Waals surface area (Å²) >= 11 is 0. The molecule has 2 heterocycles. The number of carbonyl (C=O) groups excluding carboxylic acids is 1. The van der Waals surface area contributed by atoms with E-state index in [9.17, 15) is 13.2 Å². The minimum atomic E-state index is -3.22. The third kappa shape index (κ3) is 4.83. The lowest BCUT2D eigenvalue weighted by molar-refractivity contribution is 0.198. The largest absolute Gasteiger partial charge is 0.335 e. The number of anilines is 1. The van der Waals surface area contributed by atoms with E-state index in [2.05, 4.69) is 20.8 Å². The molecule has 1 aromatic heterocycles. The third-order valence-corrected chi connectivity index (χ3v) is 5.95. The Hall–Kier alpha value is -2.46. The summed E-state index contributed by atoms with van der Waals surface area (Å²) in [5, 5.41) is 9.29. The molecule has 0 bridgehead atoms. The van der Waals surface area contributed by atoms with Crippen molar-refractivity contribution in [1.29, 1.82) is 0 Å². The molecule has 0 saturated carbocycles. The molecule has 27 heavy (non-hydrogen) atoms. The Labute approximate surface area is 158 Å². The molecule has 9 nitrogen and oxygen atoms in total. The van der Waals surface area contributed by atoms with Gasteiger partial charge in [0.05, 0.1) is 6.26 Å². The number of urea groups is 1. The fourth-order valence-electron chi connectivity index (χ4n) is 3.18. The van der Waals surface area contributed by atoms with Crippen molar-refractivity contribution < 1.29 is 17.7 Å². The molecule has 2 N–H and O–H groups in total. The molecule has 0 spiro atoms. The summed E-state index contributed by atoms with van der Waals surface area (Å²) in [7, 11) is -3.22. The summed E-state index contributed by atoms with van der Waals surface area (Å²) in [6.45, 7) is 2.77. The first-order valence-corrected chi connectivity index (χ1v) is 10.6.